The Bertz CT molecular complexity index is 1700. The van der Waals surface area contributed by atoms with E-state index < -0.39 is 5.91 Å². The van der Waals surface area contributed by atoms with Gasteiger partial charge in [-0.1, -0.05) is 35.9 Å². The summed E-state index contributed by atoms with van der Waals surface area (Å²) in [7, 11) is 7.34. The third-order valence-corrected chi connectivity index (χ3v) is 10.4. The number of benzene rings is 2. The number of hydrogen-bond donors (Lipinski definition) is 3. The summed E-state index contributed by atoms with van der Waals surface area (Å²) >= 11 is 6.09. The Balaban J connectivity index is 1.43. The van der Waals surface area contributed by atoms with Crippen LogP contribution in [0.1, 0.15) is 61.1 Å². The SMILES string of the molecule is CCN(C(=O)COc1cccc(CCC[N+]2(CCCc3cccc(OCC(=O)N(CC)N(C)C)c3)CCCC(NC(=O)c3nc(Cl)c(N)nc3N)C2)c1)N(C)C. The number of anilines is 2. The van der Waals surface area contributed by atoms with Gasteiger partial charge in [-0.05, 0) is 74.9 Å². The summed E-state index contributed by atoms with van der Waals surface area (Å²) in [5.74, 6) is 0.611. The standard InChI is InChI=1S/C40H59ClN10O5/c1-7-49(47(3)4)34(52)27-55-32-19-9-14-29(24-32)16-11-21-51(23-13-18-31(26-51)44-40(54)36-38(42)46-39(43)37(41)45-36)22-12-17-30-15-10-20-33(25-30)56-28-35(53)50(8-2)48(5)6/h9-10,14-15,19-20,24-25,31H,7-8,11-13,16-18,21-23,26-28H2,1-6H3,(H4-,42,43,44,46,54)/p+1. The molecule has 1 aliphatic heterocycles. The normalized spacial score (nSPS) is 15.1. The van der Waals surface area contributed by atoms with Crippen molar-refractivity contribution < 1.29 is 28.3 Å². The molecule has 2 aromatic carbocycles. The van der Waals surface area contributed by atoms with Gasteiger partial charge in [-0.3, -0.25) is 24.4 Å². The molecule has 0 spiro atoms. The highest BCUT2D eigenvalue weighted by molar-refractivity contribution is 6.31. The van der Waals surface area contributed by atoms with Gasteiger partial charge in [0.15, 0.2) is 35.7 Å². The number of carbonyl (C=O) groups is 3. The third-order valence-electron chi connectivity index (χ3n) is 10.1. The van der Waals surface area contributed by atoms with E-state index in [0.29, 0.717) is 24.6 Å². The lowest BCUT2D eigenvalue weighted by molar-refractivity contribution is -0.933. The van der Waals surface area contributed by atoms with Gasteiger partial charge in [0.25, 0.3) is 17.7 Å². The van der Waals surface area contributed by atoms with Crippen LogP contribution in [-0.2, 0) is 22.4 Å². The van der Waals surface area contributed by atoms with E-state index >= 15 is 0 Å². The highest BCUT2D eigenvalue weighted by Crippen LogP contribution is 2.25. The molecule has 3 aromatic rings. The van der Waals surface area contributed by atoms with E-state index in [0.717, 1.165) is 80.3 Å². The van der Waals surface area contributed by atoms with Crippen LogP contribution in [0.3, 0.4) is 0 Å². The summed E-state index contributed by atoms with van der Waals surface area (Å²) in [6.45, 7) is 8.46. The topological polar surface area (TPSA) is 172 Å². The molecule has 5 N–H and O–H groups in total. The summed E-state index contributed by atoms with van der Waals surface area (Å²) < 4.78 is 12.6. The second kappa shape index (κ2) is 21.0. The van der Waals surface area contributed by atoms with Crippen LogP contribution >= 0.6 is 11.6 Å². The largest absolute Gasteiger partial charge is 0.484 e. The van der Waals surface area contributed by atoms with Crippen LogP contribution < -0.4 is 26.3 Å². The maximum Gasteiger partial charge on any atom is 0.274 e. The van der Waals surface area contributed by atoms with Crippen molar-refractivity contribution in [1.29, 1.82) is 0 Å². The minimum absolute atomic E-state index is 0.0230. The number of amides is 3. The van der Waals surface area contributed by atoms with Crippen LogP contribution in [0.2, 0.25) is 5.15 Å². The fourth-order valence-corrected chi connectivity index (χ4v) is 7.57. The highest BCUT2D eigenvalue weighted by Gasteiger charge is 2.36. The molecule has 0 saturated carbocycles. The number of carbonyl (C=O) groups excluding carboxylic acids is 3. The van der Waals surface area contributed by atoms with E-state index in [-0.39, 0.29) is 53.6 Å². The Morgan fingerprint density at radius 2 is 1.34 bits per heavy atom. The maximum atomic E-state index is 13.4. The molecule has 0 aliphatic carbocycles. The smallest absolute Gasteiger partial charge is 0.274 e. The number of nitrogens with one attached hydrogen (secondary N) is 1. The number of nitrogens with zero attached hydrogens (tertiary/aromatic N) is 7. The first-order chi connectivity index (χ1) is 26.7. The number of ether oxygens (including phenoxy) is 2. The number of aromatic nitrogens is 2. The molecule has 1 atom stereocenters. The molecule has 4 rings (SSSR count). The number of likely N-dealkylation sites (N-methyl/N-ethyl adjacent to an activating group) is 2. The molecule has 306 valence electrons. The summed E-state index contributed by atoms with van der Waals surface area (Å²) in [4.78, 5) is 46.8. The molecular formula is C40H60ClN10O5+. The average Bonchev–Trinajstić information content (AvgIpc) is 3.15. The molecule has 1 aromatic heterocycles. The number of quaternary nitrogens is 1. The predicted octanol–water partition coefficient (Wildman–Crippen LogP) is 3.68. The molecule has 56 heavy (non-hydrogen) atoms. The lowest BCUT2D eigenvalue weighted by Gasteiger charge is -2.45. The molecular weight excluding hydrogens is 736 g/mol. The van der Waals surface area contributed by atoms with E-state index in [4.69, 9.17) is 32.5 Å². The molecule has 1 aliphatic rings. The molecule has 1 fully saturated rings. The first kappa shape index (κ1) is 44.0. The molecule has 15 nitrogen and oxygen atoms in total. The zero-order chi connectivity index (χ0) is 40.8. The maximum absolute atomic E-state index is 13.4. The van der Waals surface area contributed by atoms with Gasteiger partial charge < -0.3 is 30.7 Å². The fraction of sp³-hybridized carbons (Fsp3) is 0.525. The lowest BCUT2D eigenvalue weighted by atomic mass is 9.99. The molecule has 0 radical (unpaired) electrons. The van der Waals surface area contributed by atoms with Crippen molar-refractivity contribution in [3.05, 3.63) is 70.5 Å². The van der Waals surface area contributed by atoms with Crippen LogP contribution in [0.25, 0.3) is 0 Å². The van der Waals surface area contributed by atoms with E-state index in [1.54, 1.807) is 20.0 Å². The second-order valence-corrected chi connectivity index (χ2v) is 15.0. The van der Waals surface area contributed by atoms with Gasteiger partial charge in [-0.25, -0.2) is 20.0 Å². The van der Waals surface area contributed by atoms with E-state index in [2.05, 4.69) is 27.4 Å². The number of rotatable bonds is 20. The minimum Gasteiger partial charge on any atom is -0.484 e. The van der Waals surface area contributed by atoms with E-state index in [1.165, 1.54) is 0 Å². The van der Waals surface area contributed by atoms with Crippen molar-refractivity contribution in [1.82, 2.24) is 35.3 Å². The number of nitrogen functional groups attached to an aromatic ring is 2. The quantitative estimate of drug-likeness (QED) is 0.113. The number of hydrazine groups is 2. The van der Waals surface area contributed by atoms with Crippen LogP contribution in [0, 0.1) is 0 Å². The molecule has 16 heteroatoms. The molecule has 2 heterocycles. The van der Waals surface area contributed by atoms with Gasteiger partial charge >= 0.3 is 0 Å². The molecule has 0 bridgehead atoms. The van der Waals surface area contributed by atoms with Crippen LogP contribution in [-0.4, -0.2) is 139 Å². The van der Waals surface area contributed by atoms with Crippen molar-refractivity contribution in [2.24, 2.45) is 0 Å². The van der Waals surface area contributed by atoms with Crippen LogP contribution in [0.5, 0.6) is 11.5 Å². The van der Waals surface area contributed by atoms with Gasteiger partial charge in [-0.15, -0.1) is 0 Å². The summed E-state index contributed by atoms with van der Waals surface area (Å²) in [5, 5.41) is 9.88. The van der Waals surface area contributed by atoms with Crippen LogP contribution in [0.15, 0.2) is 48.5 Å². The monoisotopic (exact) mass is 795 g/mol. The number of halogens is 1. The van der Waals surface area contributed by atoms with Crippen molar-refractivity contribution in [3.63, 3.8) is 0 Å². The Kier molecular flexibility index (Phi) is 16.5. The van der Waals surface area contributed by atoms with Gasteiger partial charge in [0, 0.05) is 54.1 Å². The van der Waals surface area contributed by atoms with Crippen molar-refractivity contribution in [2.75, 3.05) is 92.1 Å². The zero-order valence-corrected chi connectivity index (χ0v) is 34.6. The molecule has 3 amide bonds. The van der Waals surface area contributed by atoms with Crippen molar-refractivity contribution in [2.45, 2.75) is 58.4 Å². The van der Waals surface area contributed by atoms with E-state index in [1.807, 2.05) is 78.4 Å². The van der Waals surface area contributed by atoms with E-state index in [9.17, 15) is 14.4 Å². The first-order valence-corrected chi connectivity index (χ1v) is 19.7. The molecule has 1 saturated heterocycles. The van der Waals surface area contributed by atoms with Gasteiger partial charge in [0.05, 0.1) is 32.2 Å². The first-order valence-electron chi connectivity index (χ1n) is 19.4. The Morgan fingerprint density at radius 1 is 0.821 bits per heavy atom. The lowest BCUT2D eigenvalue weighted by Crippen LogP contribution is -2.60. The Hall–Kier alpha value is -4.70. The number of aryl methyl sites for hydroxylation is 2. The fourth-order valence-electron chi connectivity index (χ4n) is 7.44. The van der Waals surface area contributed by atoms with Gasteiger partial charge in [0.1, 0.15) is 11.5 Å². The van der Waals surface area contributed by atoms with Gasteiger partial charge in [0.2, 0.25) is 0 Å². The van der Waals surface area contributed by atoms with Crippen molar-refractivity contribution >= 4 is 41.0 Å². The number of hydrogen-bond acceptors (Lipinski definition) is 11. The van der Waals surface area contributed by atoms with Gasteiger partial charge in [-0.2, -0.15) is 0 Å². The Labute approximate surface area is 336 Å². The highest BCUT2D eigenvalue weighted by atomic mass is 35.5. The number of likely N-dealkylation sites (tertiary alicyclic amines) is 1. The van der Waals surface area contributed by atoms with Crippen molar-refractivity contribution in [3.8, 4) is 11.5 Å². The Morgan fingerprint density at radius 3 is 1.82 bits per heavy atom. The summed E-state index contributed by atoms with van der Waals surface area (Å²) in [6.07, 6.45) is 5.25. The number of nitrogens with two attached hydrogens (primary N) is 2. The molecule has 1 unspecified atom stereocenters. The second-order valence-electron chi connectivity index (χ2n) is 14.6. The predicted molar refractivity (Wildman–Crippen MR) is 219 cm³/mol. The minimum atomic E-state index is -0.423. The summed E-state index contributed by atoms with van der Waals surface area (Å²) in [6, 6.07) is 15.8. The number of piperidine rings is 1. The third kappa shape index (κ3) is 12.7. The summed E-state index contributed by atoms with van der Waals surface area (Å²) in [5.41, 5.74) is 14.0. The average molecular weight is 796 g/mol. The van der Waals surface area contributed by atoms with Crippen LogP contribution in [0.4, 0.5) is 11.6 Å². The zero-order valence-electron chi connectivity index (χ0n) is 33.8.